The van der Waals surface area contributed by atoms with Crippen LogP contribution in [0.15, 0.2) is 42.5 Å². The number of ether oxygens (including phenoxy) is 2. The van der Waals surface area contributed by atoms with Crippen molar-refractivity contribution in [3.63, 3.8) is 0 Å². The SMILES string of the molecule is COc1cc(C)c(NC(=O)c2sc(Cc3ccccc3)nc2C)cc1OC. The van der Waals surface area contributed by atoms with Crippen LogP contribution in [-0.2, 0) is 6.42 Å². The third-order valence-electron chi connectivity index (χ3n) is 4.22. The van der Waals surface area contributed by atoms with Crippen LogP contribution < -0.4 is 14.8 Å². The summed E-state index contributed by atoms with van der Waals surface area (Å²) in [7, 11) is 3.16. The fourth-order valence-corrected chi connectivity index (χ4v) is 3.80. The Morgan fingerprint density at radius 2 is 1.74 bits per heavy atom. The number of carbonyl (C=O) groups excluding carboxylic acids is 1. The molecule has 3 aromatic rings. The smallest absolute Gasteiger partial charge is 0.267 e. The molecule has 140 valence electrons. The topological polar surface area (TPSA) is 60.5 Å². The van der Waals surface area contributed by atoms with Crippen LogP contribution in [0.25, 0.3) is 0 Å². The number of nitrogens with one attached hydrogen (secondary N) is 1. The normalized spacial score (nSPS) is 10.5. The van der Waals surface area contributed by atoms with E-state index in [1.807, 2.05) is 38.1 Å². The molecule has 0 aliphatic carbocycles. The molecule has 1 heterocycles. The number of methoxy groups -OCH3 is 2. The van der Waals surface area contributed by atoms with E-state index in [2.05, 4.69) is 22.4 Å². The van der Waals surface area contributed by atoms with Gasteiger partial charge in [-0.15, -0.1) is 11.3 Å². The van der Waals surface area contributed by atoms with Gasteiger partial charge in [0.05, 0.1) is 24.9 Å². The maximum absolute atomic E-state index is 12.8. The number of hydrogen-bond donors (Lipinski definition) is 1. The molecule has 0 saturated heterocycles. The summed E-state index contributed by atoms with van der Waals surface area (Å²) in [6.07, 6.45) is 0.717. The predicted octanol–water partition coefficient (Wildman–Crippen LogP) is 4.62. The molecule has 1 N–H and O–H groups in total. The first-order valence-corrected chi connectivity index (χ1v) is 9.37. The van der Waals surface area contributed by atoms with Crippen LogP contribution in [0, 0.1) is 13.8 Å². The Morgan fingerprint density at radius 1 is 1.07 bits per heavy atom. The third kappa shape index (κ3) is 4.28. The lowest BCUT2D eigenvalue weighted by molar-refractivity contribution is 0.102. The fraction of sp³-hybridized carbons (Fsp3) is 0.238. The molecule has 0 fully saturated rings. The summed E-state index contributed by atoms with van der Waals surface area (Å²) in [6.45, 7) is 3.78. The van der Waals surface area contributed by atoms with Gasteiger partial charge >= 0.3 is 0 Å². The van der Waals surface area contributed by atoms with E-state index in [4.69, 9.17) is 9.47 Å². The molecule has 0 saturated carbocycles. The van der Waals surface area contributed by atoms with E-state index >= 15 is 0 Å². The van der Waals surface area contributed by atoms with Crippen LogP contribution in [0.4, 0.5) is 5.69 Å². The fourth-order valence-electron chi connectivity index (χ4n) is 2.80. The second-order valence-electron chi connectivity index (χ2n) is 6.16. The van der Waals surface area contributed by atoms with Gasteiger partial charge in [-0.05, 0) is 31.0 Å². The van der Waals surface area contributed by atoms with Crippen LogP contribution >= 0.6 is 11.3 Å². The van der Waals surface area contributed by atoms with Crippen LogP contribution in [0.5, 0.6) is 11.5 Å². The lowest BCUT2D eigenvalue weighted by Crippen LogP contribution is -2.12. The van der Waals surface area contributed by atoms with Gasteiger partial charge in [0.1, 0.15) is 4.88 Å². The largest absolute Gasteiger partial charge is 0.493 e. The Morgan fingerprint density at radius 3 is 2.41 bits per heavy atom. The minimum absolute atomic E-state index is 0.167. The van der Waals surface area contributed by atoms with E-state index in [9.17, 15) is 4.79 Å². The summed E-state index contributed by atoms with van der Waals surface area (Å²) in [4.78, 5) is 18.0. The molecule has 0 unspecified atom stereocenters. The predicted molar refractivity (Wildman–Crippen MR) is 108 cm³/mol. The number of hydrogen-bond acceptors (Lipinski definition) is 5. The minimum Gasteiger partial charge on any atom is -0.493 e. The Hall–Kier alpha value is -2.86. The summed E-state index contributed by atoms with van der Waals surface area (Å²) in [5.41, 5.74) is 3.50. The van der Waals surface area contributed by atoms with Crippen LogP contribution in [-0.4, -0.2) is 25.1 Å². The van der Waals surface area contributed by atoms with Gasteiger partial charge in [-0.25, -0.2) is 4.98 Å². The first-order valence-electron chi connectivity index (χ1n) is 8.56. The monoisotopic (exact) mass is 382 g/mol. The number of carbonyl (C=O) groups is 1. The van der Waals surface area contributed by atoms with E-state index in [1.165, 1.54) is 16.9 Å². The molecule has 0 atom stereocenters. The van der Waals surface area contributed by atoms with Crippen molar-refractivity contribution in [1.29, 1.82) is 0 Å². The van der Waals surface area contributed by atoms with Crippen molar-refractivity contribution in [2.24, 2.45) is 0 Å². The molecule has 5 nitrogen and oxygen atoms in total. The highest BCUT2D eigenvalue weighted by Crippen LogP contribution is 2.33. The van der Waals surface area contributed by atoms with Gasteiger partial charge in [0, 0.05) is 18.2 Å². The van der Waals surface area contributed by atoms with E-state index in [1.54, 1.807) is 20.3 Å². The first kappa shape index (κ1) is 18.9. The molecule has 0 aliphatic heterocycles. The molecule has 0 radical (unpaired) electrons. The Balaban J connectivity index is 1.81. The quantitative estimate of drug-likeness (QED) is 0.676. The highest BCUT2D eigenvalue weighted by molar-refractivity contribution is 7.14. The number of benzene rings is 2. The number of rotatable bonds is 6. The number of nitrogens with zero attached hydrogens (tertiary/aromatic N) is 1. The van der Waals surface area contributed by atoms with Crippen molar-refractivity contribution >= 4 is 22.9 Å². The van der Waals surface area contributed by atoms with Crippen molar-refractivity contribution < 1.29 is 14.3 Å². The summed E-state index contributed by atoms with van der Waals surface area (Å²) in [5, 5.41) is 3.89. The molecule has 27 heavy (non-hydrogen) atoms. The number of anilines is 1. The zero-order valence-electron chi connectivity index (χ0n) is 15.8. The lowest BCUT2D eigenvalue weighted by atomic mass is 10.1. The van der Waals surface area contributed by atoms with Crippen molar-refractivity contribution in [1.82, 2.24) is 4.98 Å². The number of aromatic nitrogens is 1. The molecule has 0 spiro atoms. The average molecular weight is 382 g/mol. The van der Waals surface area contributed by atoms with Gasteiger partial charge in [0.25, 0.3) is 5.91 Å². The number of thiazole rings is 1. The molecule has 2 aromatic carbocycles. The highest BCUT2D eigenvalue weighted by atomic mass is 32.1. The summed E-state index contributed by atoms with van der Waals surface area (Å²) >= 11 is 1.43. The summed E-state index contributed by atoms with van der Waals surface area (Å²) < 4.78 is 10.6. The van der Waals surface area contributed by atoms with Crippen molar-refractivity contribution in [2.75, 3.05) is 19.5 Å². The lowest BCUT2D eigenvalue weighted by Gasteiger charge is -2.13. The van der Waals surface area contributed by atoms with Gasteiger partial charge in [-0.2, -0.15) is 0 Å². The van der Waals surface area contributed by atoms with E-state index in [-0.39, 0.29) is 5.91 Å². The average Bonchev–Trinajstić information content (AvgIpc) is 3.04. The van der Waals surface area contributed by atoms with Gasteiger partial charge in [0.2, 0.25) is 0 Å². The second kappa shape index (κ2) is 8.22. The minimum atomic E-state index is -0.167. The van der Waals surface area contributed by atoms with E-state index < -0.39 is 0 Å². The molecule has 1 amide bonds. The standard InChI is InChI=1S/C21H22N2O3S/c1-13-10-17(25-3)18(26-4)12-16(13)23-21(24)20-14(2)22-19(27-20)11-15-8-6-5-7-9-15/h5-10,12H,11H2,1-4H3,(H,23,24). The molecule has 3 rings (SSSR count). The number of aryl methyl sites for hydroxylation is 2. The van der Waals surface area contributed by atoms with Crippen LogP contribution in [0.1, 0.15) is 31.5 Å². The van der Waals surface area contributed by atoms with Crippen LogP contribution in [0.2, 0.25) is 0 Å². The maximum atomic E-state index is 12.8. The summed E-state index contributed by atoms with van der Waals surface area (Å²) in [5.74, 6) is 1.04. The highest BCUT2D eigenvalue weighted by Gasteiger charge is 2.18. The maximum Gasteiger partial charge on any atom is 0.267 e. The Labute approximate surface area is 163 Å². The van der Waals surface area contributed by atoms with E-state index in [0.717, 1.165) is 22.7 Å². The van der Waals surface area contributed by atoms with Gasteiger partial charge in [0.15, 0.2) is 11.5 Å². The third-order valence-corrected chi connectivity index (χ3v) is 5.38. The Kier molecular flexibility index (Phi) is 5.76. The van der Waals surface area contributed by atoms with E-state index in [0.29, 0.717) is 22.1 Å². The Bertz CT molecular complexity index is 952. The molecule has 1 aromatic heterocycles. The second-order valence-corrected chi connectivity index (χ2v) is 7.24. The number of amides is 1. The zero-order chi connectivity index (χ0) is 19.4. The molecule has 6 heteroatoms. The van der Waals surface area contributed by atoms with Crippen molar-refractivity contribution in [2.45, 2.75) is 20.3 Å². The molecular weight excluding hydrogens is 360 g/mol. The van der Waals surface area contributed by atoms with Crippen molar-refractivity contribution in [3.8, 4) is 11.5 Å². The molecule has 0 aliphatic rings. The van der Waals surface area contributed by atoms with Gasteiger partial charge in [-0.1, -0.05) is 30.3 Å². The van der Waals surface area contributed by atoms with Crippen molar-refractivity contribution in [3.05, 3.63) is 69.2 Å². The van der Waals surface area contributed by atoms with Gasteiger partial charge < -0.3 is 14.8 Å². The zero-order valence-corrected chi connectivity index (χ0v) is 16.6. The first-order chi connectivity index (χ1) is 13.0. The van der Waals surface area contributed by atoms with Gasteiger partial charge in [-0.3, -0.25) is 4.79 Å². The molecular formula is C21H22N2O3S. The molecule has 0 bridgehead atoms. The summed E-state index contributed by atoms with van der Waals surface area (Å²) in [6, 6.07) is 13.7. The van der Waals surface area contributed by atoms with Crippen LogP contribution in [0.3, 0.4) is 0 Å².